The van der Waals surface area contributed by atoms with Gasteiger partial charge in [-0.05, 0) is 49.1 Å². The lowest BCUT2D eigenvalue weighted by atomic mass is 9.95. The Morgan fingerprint density at radius 1 is 0.741 bits per heavy atom. The van der Waals surface area contributed by atoms with Crippen molar-refractivity contribution in [2.24, 2.45) is 0 Å². The van der Waals surface area contributed by atoms with Crippen molar-refractivity contribution in [1.82, 2.24) is 9.80 Å². The molecule has 0 unspecified atom stereocenters. The van der Waals surface area contributed by atoms with E-state index in [0.717, 1.165) is 21.9 Å². The van der Waals surface area contributed by atoms with E-state index in [1.807, 2.05) is 48.5 Å². The summed E-state index contributed by atoms with van der Waals surface area (Å²) >= 11 is 12.8. The van der Waals surface area contributed by atoms with Gasteiger partial charge in [0.25, 0.3) is 0 Å². The minimum Gasteiger partial charge on any atom is -0.507 e. The molecular formula is C41H46Cl2N4O7. The van der Waals surface area contributed by atoms with Gasteiger partial charge in [0.2, 0.25) is 11.8 Å². The van der Waals surface area contributed by atoms with Crippen LogP contribution < -0.4 is 14.5 Å². The lowest BCUT2D eigenvalue weighted by molar-refractivity contribution is -0.119. The molecule has 0 fully saturated rings. The first kappa shape index (κ1) is 39.0. The van der Waals surface area contributed by atoms with Crippen LogP contribution in [0.15, 0.2) is 60.7 Å². The minimum atomic E-state index is -0.642. The molecule has 0 saturated carbocycles. The number of alkyl halides is 2. The van der Waals surface area contributed by atoms with E-state index < -0.39 is 17.8 Å². The van der Waals surface area contributed by atoms with Gasteiger partial charge < -0.3 is 34.2 Å². The molecule has 2 heterocycles. The molecule has 0 saturated heterocycles. The van der Waals surface area contributed by atoms with Gasteiger partial charge in [0.05, 0.1) is 11.4 Å². The Balaban J connectivity index is 1.15. The van der Waals surface area contributed by atoms with E-state index in [1.54, 1.807) is 56.8 Å². The highest BCUT2D eigenvalue weighted by Crippen LogP contribution is 2.47. The molecule has 2 aliphatic rings. The van der Waals surface area contributed by atoms with Crippen LogP contribution in [0.2, 0.25) is 0 Å². The fourth-order valence-electron chi connectivity index (χ4n) is 7.30. The summed E-state index contributed by atoms with van der Waals surface area (Å²) in [5.41, 5.74) is 2.49. The van der Waals surface area contributed by atoms with Gasteiger partial charge in [-0.25, -0.2) is 9.59 Å². The van der Waals surface area contributed by atoms with Crippen LogP contribution in [-0.4, -0.2) is 96.5 Å². The number of benzene rings is 4. The average Bonchev–Trinajstić information content (AvgIpc) is 3.71. The van der Waals surface area contributed by atoms with E-state index in [-0.39, 0.29) is 61.2 Å². The fourth-order valence-corrected chi connectivity index (χ4v) is 7.81. The molecule has 286 valence electrons. The highest BCUT2D eigenvalue weighted by molar-refractivity contribution is 6.19. The van der Waals surface area contributed by atoms with E-state index in [9.17, 15) is 24.3 Å². The quantitative estimate of drug-likeness (QED) is 0.161. The number of aromatic hydroxyl groups is 1. The molecule has 11 nitrogen and oxygen atoms in total. The summed E-state index contributed by atoms with van der Waals surface area (Å²) in [6, 6.07) is 18.4. The van der Waals surface area contributed by atoms with Crippen LogP contribution in [0.4, 0.5) is 21.0 Å². The number of hydrogen-bond donors (Lipinski definition) is 1. The summed E-state index contributed by atoms with van der Waals surface area (Å²) in [5.74, 6) is 0.458. The first-order valence-corrected chi connectivity index (χ1v) is 19.2. The topological polar surface area (TPSA) is 120 Å². The average molecular weight is 778 g/mol. The number of nitrogens with zero attached hydrogens (tertiary/aromatic N) is 4. The molecule has 54 heavy (non-hydrogen) atoms. The number of carbonyl (C=O) groups excluding carboxylic acids is 4. The predicted octanol–water partition coefficient (Wildman–Crippen LogP) is 8.20. The van der Waals surface area contributed by atoms with E-state index >= 15 is 0 Å². The second-order valence-electron chi connectivity index (χ2n) is 15.0. The Hall–Kier alpha value is -4.74. The summed E-state index contributed by atoms with van der Waals surface area (Å²) in [5, 5.41) is 13.9. The maximum Gasteiger partial charge on any atom is 0.415 e. The summed E-state index contributed by atoms with van der Waals surface area (Å²) in [4.78, 5) is 59.3. The third-order valence-corrected chi connectivity index (χ3v) is 10.8. The molecule has 0 aliphatic carbocycles. The maximum atomic E-state index is 13.9. The third kappa shape index (κ3) is 7.88. The van der Waals surface area contributed by atoms with E-state index in [1.165, 1.54) is 9.80 Å². The zero-order chi connectivity index (χ0) is 38.9. The first-order chi connectivity index (χ1) is 25.7. The molecule has 13 heteroatoms. The molecule has 0 spiro atoms. The summed E-state index contributed by atoms with van der Waals surface area (Å²) in [7, 11) is 3.19. The molecule has 2 atom stereocenters. The molecule has 0 aromatic heterocycles. The van der Waals surface area contributed by atoms with Crippen LogP contribution in [0.5, 0.6) is 11.5 Å². The Bertz CT molecular complexity index is 2100. The lowest BCUT2D eigenvalue weighted by Gasteiger charge is -2.26. The van der Waals surface area contributed by atoms with E-state index in [0.29, 0.717) is 53.3 Å². The monoisotopic (exact) mass is 776 g/mol. The van der Waals surface area contributed by atoms with Gasteiger partial charge in [-0.3, -0.25) is 9.59 Å². The number of fused-ring (bicyclic) bond motifs is 6. The number of phenols is 1. The number of halogens is 2. The van der Waals surface area contributed by atoms with Gasteiger partial charge in [0, 0.05) is 99.6 Å². The van der Waals surface area contributed by atoms with Crippen molar-refractivity contribution < 1.29 is 33.8 Å². The first-order valence-electron chi connectivity index (χ1n) is 18.1. The highest BCUT2D eigenvalue weighted by Gasteiger charge is 2.37. The van der Waals surface area contributed by atoms with Gasteiger partial charge in [-0.2, -0.15) is 0 Å². The van der Waals surface area contributed by atoms with Gasteiger partial charge in [-0.1, -0.05) is 48.5 Å². The second kappa shape index (κ2) is 15.9. The van der Waals surface area contributed by atoms with Crippen molar-refractivity contribution in [3.8, 4) is 11.5 Å². The lowest BCUT2D eigenvalue weighted by Crippen LogP contribution is -2.40. The van der Waals surface area contributed by atoms with Crippen molar-refractivity contribution in [1.29, 1.82) is 0 Å². The Morgan fingerprint density at radius 2 is 1.20 bits per heavy atom. The Morgan fingerprint density at radius 3 is 1.72 bits per heavy atom. The van der Waals surface area contributed by atoms with Crippen LogP contribution in [0, 0.1) is 0 Å². The molecule has 0 bridgehead atoms. The molecule has 1 N–H and O–H groups in total. The number of likely N-dealkylation sites (N-methyl/N-ethyl adjacent to an activating group) is 2. The zero-order valence-corrected chi connectivity index (χ0v) is 32.7. The normalized spacial score (nSPS) is 16.4. The molecular weight excluding hydrogens is 731 g/mol. The summed E-state index contributed by atoms with van der Waals surface area (Å²) < 4.78 is 11.3. The van der Waals surface area contributed by atoms with Crippen LogP contribution >= 0.6 is 23.2 Å². The van der Waals surface area contributed by atoms with Crippen LogP contribution in [0.1, 0.15) is 63.0 Å². The molecule has 4 amide bonds. The van der Waals surface area contributed by atoms with Crippen LogP contribution in [0.3, 0.4) is 0 Å². The Kier molecular flexibility index (Phi) is 11.5. The second-order valence-corrected chi connectivity index (χ2v) is 15.6. The predicted molar refractivity (Wildman–Crippen MR) is 213 cm³/mol. The van der Waals surface area contributed by atoms with Gasteiger partial charge >= 0.3 is 12.2 Å². The summed E-state index contributed by atoms with van der Waals surface area (Å²) in [6.07, 6.45) is -0.569. The molecule has 6 rings (SSSR count). The van der Waals surface area contributed by atoms with Crippen molar-refractivity contribution in [2.75, 3.05) is 61.8 Å². The number of hydrogen-bond acceptors (Lipinski definition) is 7. The number of rotatable bonds is 10. The molecule has 4 aromatic rings. The Labute approximate surface area is 325 Å². The van der Waals surface area contributed by atoms with Crippen molar-refractivity contribution in [3.05, 3.63) is 71.8 Å². The fraction of sp³-hybridized carbons (Fsp3) is 0.415. The van der Waals surface area contributed by atoms with E-state index in [2.05, 4.69) is 0 Å². The summed E-state index contributed by atoms with van der Waals surface area (Å²) in [6.45, 7) is 6.54. The van der Waals surface area contributed by atoms with Gasteiger partial charge in [0.15, 0.2) is 0 Å². The number of amides is 4. The molecule has 0 radical (unpaired) electrons. The number of carbonyl (C=O) groups is 4. The van der Waals surface area contributed by atoms with Gasteiger partial charge in [-0.15, -0.1) is 23.2 Å². The van der Waals surface area contributed by atoms with Crippen molar-refractivity contribution in [2.45, 2.75) is 57.5 Å². The van der Waals surface area contributed by atoms with Crippen molar-refractivity contribution >= 4 is 80.1 Å². The van der Waals surface area contributed by atoms with Crippen LogP contribution in [0.25, 0.3) is 21.5 Å². The minimum absolute atomic E-state index is 0.0807. The van der Waals surface area contributed by atoms with Crippen molar-refractivity contribution in [3.63, 3.8) is 0 Å². The third-order valence-electron chi connectivity index (χ3n) is 10.0. The molecule has 4 aromatic carbocycles. The smallest absolute Gasteiger partial charge is 0.415 e. The standard InChI is InChI=1S/C41H46Cl2N4O7/c1-41(2,3)54-40(52)45(5)18-17-44(4)39(51)53-34-20-32-38(30-14-9-7-12-28(30)34)26(22-43)24-47(32)36(50)16-10-15-35(49)46-23-25(21-42)37-29-13-8-6-11-27(29)33(48)19-31(37)46/h6-9,11-14,19-20,25-26,48H,10,15-18,21-24H2,1-5H3/t25-,26-/m1/s1. The number of phenolic OH excluding ortho intramolecular Hbond substituents is 1. The highest BCUT2D eigenvalue weighted by atomic mass is 35.5. The number of anilines is 2. The SMILES string of the molecule is CN(CCN(C)C(=O)OC(C)(C)C)C(=O)Oc1cc2c(c3ccccc13)[C@H](CCl)CN2C(=O)CCCC(=O)N1C[C@@H](CCl)c2c1cc(O)c1ccccc21. The maximum absolute atomic E-state index is 13.9. The van der Waals surface area contributed by atoms with Crippen LogP contribution in [-0.2, 0) is 14.3 Å². The number of ether oxygens (including phenoxy) is 2. The van der Waals surface area contributed by atoms with E-state index in [4.69, 9.17) is 32.7 Å². The molecule has 2 aliphatic heterocycles. The largest absolute Gasteiger partial charge is 0.507 e. The zero-order valence-electron chi connectivity index (χ0n) is 31.2. The van der Waals surface area contributed by atoms with Gasteiger partial charge in [0.1, 0.15) is 17.1 Å².